The Balaban J connectivity index is 2.82. The van der Waals surface area contributed by atoms with Crippen LogP contribution in [0.2, 0.25) is 0 Å². The second-order valence-electron chi connectivity index (χ2n) is 4.86. The van der Waals surface area contributed by atoms with Gasteiger partial charge in [0.25, 0.3) is 0 Å². The van der Waals surface area contributed by atoms with Crippen LogP contribution < -0.4 is 5.32 Å². The maximum absolute atomic E-state index is 4.57. The summed E-state index contributed by atoms with van der Waals surface area (Å²) in [5.74, 6) is 0.530. The van der Waals surface area contributed by atoms with Gasteiger partial charge in [0.2, 0.25) is 0 Å². The normalized spacial score (nSPS) is 13.4. The molecule has 0 aliphatic rings. The van der Waals surface area contributed by atoms with Crippen LogP contribution in [0.4, 0.5) is 0 Å². The van der Waals surface area contributed by atoms with Crippen LogP contribution in [0.5, 0.6) is 0 Å². The van der Waals surface area contributed by atoms with Gasteiger partial charge in [-0.2, -0.15) is 5.10 Å². The number of nitrogens with zero attached hydrogens (tertiary/aromatic N) is 2. The Kier molecular flexibility index (Phi) is 4.54. The fraction of sp³-hybridized carbons (Fsp3) is 0.769. The Morgan fingerprint density at radius 1 is 1.25 bits per heavy atom. The fourth-order valence-corrected chi connectivity index (χ4v) is 2.25. The highest BCUT2D eigenvalue weighted by molar-refractivity contribution is 5.28. The molecular weight excluding hydrogens is 198 g/mol. The molecule has 0 saturated carbocycles. The fourth-order valence-electron chi connectivity index (χ4n) is 2.25. The molecule has 0 fully saturated rings. The van der Waals surface area contributed by atoms with E-state index in [1.165, 1.54) is 17.0 Å². The van der Waals surface area contributed by atoms with Crippen LogP contribution in [0.25, 0.3) is 0 Å². The number of hydrogen-bond acceptors (Lipinski definition) is 2. The van der Waals surface area contributed by atoms with E-state index >= 15 is 0 Å². The Morgan fingerprint density at radius 2 is 1.88 bits per heavy atom. The van der Waals surface area contributed by atoms with Gasteiger partial charge in [0.05, 0.1) is 5.69 Å². The van der Waals surface area contributed by atoms with Crippen molar-refractivity contribution in [2.24, 2.45) is 0 Å². The lowest BCUT2D eigenvalue weighted by atomic mass is 9.99. The molecular formula is C13H25N3. The molecule has 1 aromatic rings. The van der Waals surface area contributed by atoms with Crippen molar-refractivity contribution in [3.8, 4) is 0 Å². The van der Waals surface area contributed by atoms with Gasteiger partial charge in [-0.1, -0.05) is 20.8 Å². The summed E-state index contributed by atoms with van der Waals surface area (Å²) in [5.41, 5.74) is 3.91. The van der Waals surface area contributed by atoms with Crippen molar-refractivity contribution in [2.75, 3.05) is 6.54 Å². The molecule has 1 unspecified atom stereocenters. The predicted molar refractivity (Wildman–Crippen MR) is 68.9 cm³/mol. The number of aromatic nitrogens is 2. The third kappa shape index (κ3) is 2.85. The zero-order chi connectivity index (χ0) is 12.3. The second kappa shape index (κ2) is 5.48. The van der Waals surface area contributed by atoms with E-state index in [2.05, 4.69) is 56.6 Å². The van der Waals surface area contributed by atoms with E-state index < -0.39 is 0 Å². The minimum atomic E-state index is 0.530. The lowest BCUT2D eigenvalue weighted by Gasteiger charge is -2.15. The number of hydrogen-bond donors (Lipinski definition) is 1. The average Bonchev–Trinajstić information content (AvgIpc) is 2.50. The Labute approximate surface area is 99.2 Å². The predicted octanol–water partition coefficient (Wildman–Crippen LogP) is 2.62. The lowest BCUT2D eigenvalue weighted by Crippen LogP contribution is -2.27. The largest absolute Gasteiger partial charge is 0.314 e. The topological polar surface area (TPSA) is 29.9 Å². The molecule has 92 valence electrons. The summed E-state index contributed by atoms with van der Waals surface area (Å²) in [6.07, 6.45) is 0. The standard InChI is InChI=1S/C13H25N3/c1-7-16-12(6)13(11(5)15-16)10(4)8-14-9(2)3/h9-10,14H,7-8H2,1-6H3. The monoisotopic (exact) mass is 223 g/mol. The highest BCUT2D eigenvalue weighted by Gasteiger charge is 2.16. The molecule has 0 aliphatic heterocycles. The molecule has 1 rings (SSSR count). The first-order chi connectivity index (χ1) is 7.47. The molecule has 1 aromatic heterocycles. The van der Waals surface area contributed by atoms with Crippen molar-refractivity contribution < 1.29 is 0 Å². The first-order valence-electron chi connectivity index (χ1n) is 6.24. The van der Waals surface area contributed by atoms with E-state index in [0.29, 0.717) is 12.0 Å². The van der Waals surface area contributed by atoms with E-state index in [-0.39, 0.29) is 0 Å². The van der Waals surface area contributed by atoms with Crippen LogP contribution in [0, 0.1) is 13.8 Å². The van der Waals surface area contributed by atoms with Gasteiger partial charge in [0, 0.05) is 24.8 Å². The van der Waals surface area contributed by atoms with Crippen LogP contribution in [-0.4, -0.2) is 22.4 Å². The quantitative estimate of drug-likeness (QED) is 0.831. The summed E-state index contributed by atoms with van der Waals surface area (Å²) in [7, 11) is 0. The molecule has 0 aliphatic carbocycles. The minimum Gasteiger partial charge on any atom is -0.314 e. The van der Waals surface area contributed by atoms with Gasteiger partial charge < -0.3 is 5.32 Å². The molecule has 3 heteroatoms. The van der Waals surface area contributed by atoms with Crippen molar-refractivity contribution >= 4 is 0 Å². The number of rotatable bonds is 5. The van der Waals surface area contributed by atoms with Gasteiger partial charge in [0.15, 0.2) is 0 Å². The third-order valence-corrected chi connectivity index (χ3v) is 3.06. The van der Waals surface area contributed by atoms with E-state index in [1.807, 2.05) is 0 Å². The van der Waals surface area contributed by atoms with Crippen LogP contribution in [0.1, 0.15) is 50.6 Å². The molecule has 0 radical (unpaired) electrons. The van der Waals surface area contributed by atoms with Crippen molar-refractivity contribution in [2.45, 2.75) is 60.0 Å². The van der Waals surface area contributed by atoms with Crippen molar-refractivity contribution in [3.05, 3.63) is 17.0 Å². The Bertz CT molecular complexity index is 339. The summed E-state index contributed by atoms with van der Waals surface area (Å²) in [6.45, 7) is 15.0. The highest BCUT2D eigenvalue weighted by atomic mass is 15.3. The highest BCUT2D eigenvalue weighted by Crippen LogP contribution is 2.22. The molecule has 1 atom stereocenters. The lowest BCUT2D eigenvalue weighted by molar-refractivity contribution is 0.545. The maximum Gasteiger partial charge on any atom is 0.0631 e. The molecule has 16 heavy (non-hydrogen) atoms. The summed E-state index contributed by atoms with van der Waals surface area (Å²) in [5, 5.41) is 8.05. The van der Waals surface area contributed by atoms with E-state index in [4.69, 9.17) is 0 Å². The SMILES string of the molecule is CCn1nc(C)c(C(C)CNC(C)C)c1C. The maximum atomic E-state index is 4.57. The van der Waals surface area contributed by atoms with Crippen LogP contribution in [0.15, 0.2) is 0 Å². The molecule has 0 aromatic carbocycles. The molecule has 0 bridgehead atoms. The van der Waals surface area contributed by atoms with Gasteiger partial charge in [-0.15, -0.1) is 0 Å². The zero-order valence-electron chi connectivity index (χ0n) is 11.5. The van der Waals surface area contributed by atoms with Crippen molar-refractivity contribution in [3.63, 3.8) is 0 Å². The van der Waals surface area contributed by atoms with E-state index in [9.17, 15) is 0 Å². The van der Waals surface area contributed by atoms with Crippen LogP contribution in [-0.2, 0) is 6.54 Å². The smallest absolute Gasteiger partial charge is 0.0631 e. The van der Waals surface area contributed by atoms with E-state index in [0.717, 1.165) is 13.1 Å². The first kappa shape index (κ1) is 13.2. The van der Waals surface area contributed by atoms with Crippen molar-refractivity contribution in [1.29, 1.82) is 0 Å². The Morgan fingerprint density at radius 3 is 2.31 bits per heavy atom. The van der Waals surface area contributed by atoms with E-state index in [1.54, 1.807) is 0 Å². The van der Waals surface area contributed by atoms with Crippen molar-refractivity contribution in [1.82, 2.24) is 15.1 Å². The molecule has 0 saturated heterocycles. The summed E-state index contributed by atoms with van der Waals surface area (Å²) in [6, 6.07) is 0.546. The average molecular weight is 223 g/mol. The summed E-state index contributed by atoms with van der Waals surface area (Å²) >= 11 is 0. The molecule has 1 N–H and O–H groups in total. The molecule has 3 nitrogen and oxygen atoms in total. The van der Waals surface area contributed by atoms with Crippen LogP contribution in [0.3, 0.4) is 0 Å². The number of nitrogens with one attached hydrogen (secondary N) is 1. The zero-order valence-corrected chi connectivity index (χ0v) is 11.5. The first-order valence-corrected chi connectivity index (χ1v) is 6.24. The second-order valence-corrected chi connectivity index (χ2v) is 4.86. The van der Waals surface area contributed by atoms with Gasteiger partial charge in [-0.3, -0.25) is 4.68 Å². The Hall–Kier alpha value is -0.830. The summed E-state index contributed by atoms with van der Waals surface area (Å²) < 4.78 is 2.09. The van der Waals surface area contributed by atoms with Gasteiger partial charge in [-0.25, -0.2) is 0 Å². The summed E-state index contributed by atoms with van der Waals surface area (Å²) in [4.78, 5) is 0. The third-order valence-electron chi connectivity index (χ3n) is 3.06. The number of aryl methyl sites for hydroxylation is 2. The van der Waals surface area contributed by atoms with Gasteiger partial charge in [0.1, 0.15) is 0 Å². The molecule has 1 heterocycles. The van der Waals surface area contributed by atoms with Gasteiger partial charge in [-0.05, 0) is 32.3 Å². The van der Waals surface area contributed by atoms with Gasteiger partial charge >= 0.3 is 0 Å². The minimum absolute atomic E-state index is 0.530. The van der Waals surface area contributed by atoms with Crippen LogP contribution >= 0.6 is 0 Å². The molecule has 0 amide bonds. The molecule has 0 spiro atoms.